The largest absolute Gasteiger partial charge is 0.399 e. The standard InChI is InChI=1S/C12H15BrN2O3/c13-9-3-8(4-10(14)5-9)12(17)15-1-2-18-11(6-15)7-16/h3-5,11,16H,1-2,6-7,14H2. The molecule has 1 saturated heterocycles. The van der Waals surface area contributed by atoms with Crippen LogP contribution in [0.4, 0.5) is 5.69 Å². The summed E-state index contributed by atoms with van der Waals surface area (Å²) < 4.78 is 6.09. The van der Waals surface area contributed by atoms with Crippen LogP contribution >= 0.6 is 15.9 Å². The molecule has 0 bridgehead atoms. The van der Waals surface area contributed by atoms with Crippen molar-refractivity contribution in [2.45, 2.75) is 6.10 Å². The lowest BCUT2D eigenvalue weighted by Crippen LogP contribution is -2.46. The van der Waals surface area contributed by atoms with Gasteiger partial charge in [-0.3, -0.25) is 4.79 Å². The minimum Gasteiger partial charge on any atom is -0.399 e. The summed E-state index contributed by atoms with van der Waals surface area (Å²) in [5.41, 5.74) is 6.80. The minimum absolute atomic E-state index is 0.0790. The molecular weight excluding hydrogens is 300 g/mol. The molecule has 18 heavy (non-hydrogen) atoms. The van der Waals surface area contributed by atoms with E-state index in [1.807, 2.05) is 0 Å². The number of nitrogens with zero attached hydrogens (tertiary/aromatic N) is 1. The summed E-state index contributed by atoms with van der Waals surface area (Å²) in [5.74, 6) is -0.0928. The molecule has 1 unspecified atom stereocenters. The number of aliphatic hydroxyl groups excluding tert-OH is 1. The molecule has 1 aliphatic rings. The van der Waals surface area contributed by atoms with Crippen LogP contribution in [-0.4, -0.2) is 48.3 Å². The number of benzene rings is 1. The van der Waals surface area contributed by atoms with Crippen molar-refractivity contribution in [3.8, 4) is 0 Å². The first-order valence-corrected chi connectivity index (χ1v) is 6.47. The number of hydrogen-bond acceptors (Lipinski definition) is 4. The molecule has 2 rings (SSSR count). The van der Waals surface area contributed by atoms with Gasteiger partial charge in [0.25, 0.3) is 5.91 Å². The number of amides is 1. The van der Waals surface area contributed by atoms with Crippen LogP contribution in [0.15, 0.2) is 22.7 Å². The van der Waals surface area contributed by atoms with E-state index < -0.39 is 0 Å². The Labute approximate surface area is 114 Å². The second-order valence-electron chi connectivity index (χ2n) is 4.20. The predicted octanol–water partition coefficient (Wildman–Crippen LogP) is 0.865. The molecule has 0 saturated carbocycles. The van der Waals surface area contributed by atoms with Gasteiger partial charge in [0.2, 0.25) is 0 Å². The third-order valence-electron chi connectivity index (χ3n) is 2.80. The van der Waals surface area contributed by atoms with E-state index in [4.69, 9.17) is 15.6 Å². The Morgan fingerprint density at radius 3 is 3.00 bits per heavy atom. The zero-order chi connectivity index (χ0) is 13.1. The number of rotatable bonds is 2. The van der Waals surface area contributed by atoms with Gasteiger partial charge in [-0.05, 0) is 18.2 Å². The van der Waals surface area contributed by atoms with E-state index in [0.717, 1.165) is 4.47 Å². The number of anilines is 1. The van der Waals surface area contributed by atoms with Crippen molar-refractivity contribution in [1.29, 1.82) is 0 Å². The Bertz CT molecular complexity index is 433. The fraction of sp³-hybridized carbons (Fsp3) is 0.417. The lowest BCUT2D eigenvalue weighted by Gasteiger charge is -2.32. The number of nitrogen functional groups attached to an aromatic ring is 1. The molecule has 1 heterocycles. The van der Waals surface area contributed by atoms with E-state index in [9.17, 15) is 4.79 Å². The maximum Gasteiger partial charge on any atom is 0.254 e. The lowest BCUT2D eigenvalue weighted by atomic mass is 10.1. The molecular formula is C12H15BrN2O3. The van der Waals surface area contributed by atoms with E-state index in [1.54, 1.807) is 23.1 Å². The molecule has 1 fully saturated rings. The summed E-state index contributed by atoms with van der Waals surface area (Å²) in [6.45, 7) is 1.30. The van der Waals surface area contributed by atoms with Crippen molar-refractivity contribution in [1.82, 2.24) is 4.90 Å². The Morgan fingerprint density at radius 2 is 2.33 bits per heavy atom. The van der Waals surface area contributed by atoms with Crippen LogP contribution in [0.3, 0.4) is 0 Å². The quantitative estimate of drug-likeness (QED) is 0.794. The lowest BCUT2D eigenvalue weighted by molar-refractivity contribution is -0.0447. The Hall–Kier alpha value is -1.11. The Balaban J connectivity index is 2.15. The number of morpholine rings is 1. The monoisotopic (exact) mass is 314 g/mol. The highest BCUT2D eigenvalue weighted by Crippen LogP contribution is 2.19. The molecule has 1 amide bonds. The fourth-order valence-electron chi connectivity index (χ4n) is 1.93. The number of nitrogens with two attached hydrogens (primary N) is 1. The van der Waals surface area contributed by atoms with Crippen molar-refractivity contribution in [2.75, 3.05) is 32.0 Å². The Kier molecular flexibility index (Phi) is 4.21. The van der Waals surface area contributed by atoms with E-state index in [0.29, 0.717) is 30.9 Å². The van der Waals surface area contributed by atoms with Gasteiger partial charge < -0.3 is 20.5 Å². The number of carbonyl (C=O) groups is 1. The summed E-state index contributed by atoms with van der Waals surface area (Å²) in [7, 11) is 0. The van der Waals surface area contributed by atoms with E-state index in [2.05, 4.69) is 15.9 Å². The fourth-order valence-corrected chi connectivity index (χ4v) is 2.44. The molecule has 1 aromatic carbocycles. The number of ether oxygens (including phenoxy) is 1. The average Bonchev–Trinajstić information content (AvgIpc) is 2.37. The molecule has 6 heteroatoms. The van der Waals surface area contributed by atoms with E-state index >= 15 is 0 Å². The first-order chi connectivity index (χ1) is 8.60. The predicted molar refractivity (Wildman–Crippen MR) is 71.3 cm³/mol. The molecule has 3 N–H and O–H groups in total. The summed E-state index contributed by atoms with van der Waals surface area (Å²) >= 11 is 3.32. The van der Waals surface area contributed by atoms with Crippen LogP contribution in [-0.2, 0) is 4.74 Å². The van der Waals surface area contributed by atoms with Crippen LogP contribution in [0, 0.1) is 0 Å². The van der Waals surface area contributed by atoms with Crippen LogP contribution in [0.25, 0.3) is 0 Å². The highest BCUT2D eigenvalue weighted by molar-refractivity contribution is 9.10. The van der Waals surface area contributed by atoms with Gasteiger partial charge in [-0.15, -0.1) is 0 Å². The van der Waals surface area contributed by atoms with Gasteiger partial charge in [0.15, 0.2) is 0 Å². The van der Waals surface area contributed by atoms with Crippen LogP contribution in [0.2, 0.25) is 0 Å². The van der Waals surface area contributed by atoms with Crippen LogP contribution in [0.1, 0.15) is 10.4 Å². The van der Waals surface area contributed by atoms with Crippen LogP contribution in [0.5, 0.6) is 0 Å². The molecule has 0 aromatic heterocycles. The van der Waals surface area contributed by atoms with Crippen molar-refractivity contribution in [3.05, 3.63) is 28.2 Å². The van der Waals surface area contributed by atoms with Gasteiger partial charge in [0.1, 0.15) is 0 Å². The second kappa shape index (κ2) is 5.69. The molecule has 5 nitrogen and oxygen atoms in total. The molecule has 98 valence electrons. The Morgan fingerprint density at radius 1 is 1.56 bits per heavy atom. The van der Waals surface area contributed by atoms with E-state index in [1.165, 1.54) is 0 Å². The van der Waals surface area contributed by atoms with Gasteiger partial charge in [0.05, 0.1) is 19.3 Å². The second-order valence-corrected chi connectivity index (χ2v) is 5.12. The number of aliphatic hydroxyl groups is 1. The maximum atomic E-state index is 12.3. The average molecular weight is 315 g/mol. The highest BCUT2D eigenvalue weighted by Gasteiger charge is 2.24. The van der Waals surface area contributed by atoms with Crippen molar-refractivity contribution in [3.63, 3.8) is 0 Å². The number of hydrogen-bond donors (Lipinski definition) is 2. The third-order valence-corrected chi connectivity index (χ3v) is 3.25. The van der Waals surface area contributed by atoms with Crippen molar-refractivity contribution < 1.29 is 14.6 Å². The third kappa shape index (κ3) is 3.01. The van der Waals surface area contributed by atoms with Crippen LogP contribution < -0.4 is 5.73 Å². The number of carbonyl (C=O) groups excluding carboxylic acids is 1. The molecule has 0 radical (unpaired) electrons. The zero-order valence-corrected chi connectivity index (χ0v) is 11.4. The molecule has 1 aliphatic heterocycles. The van der Waals surface area contributed by atoms with Crippen molar-refractivity contribution >= 4 is 27.5 Å². The van der Waals surface area contributed by atoms with Crippen molar-refractivity contribution in [2.24, 2.45) is 0 Å². The maximum absolute atomic E-state index is 12.3. The topological polar surface area (TPSA) is 75.8 Å². The smallest absolute Gasteiger partial charge is 0.254 e. The molecule has 0 aliphatic carbocycles. The number of halogens is 1. The summed E-state index contributed by atoms with van der Waals surface area (Å²) in [4.78, 5) is 14.0. The molecule has 1 aromatic rings. The summed E-state index contributed by atoms with van der Waals surface area (Å²) in [6, 6.07) is 5.13. The zero-order valence-electron chi connectivity index (χ0n) is 9.80. The summed E-state index contributed by atoms with van der Waals surface area (Å²) in [6.07, 6.45) is -0.299. The van der Waals surface area contributed by atoms with Gasteiger partial charge >= 0.3 is 0 Å². The van der Waals surface area contributed by atoms with Gasteiger partial charge in [-0.1, -0.05) is 15.9 Å². The van der Waals surface area contributed by atoms with Gasteiger partial charge in [0, 0.05) is 28.8 Å². The SMILES string of the molecule is Nc1cc(Br)cc(C(=O)N2CCOC(CO)C2)c1. The van der Waals surface area contributed by atoms with E-state index in [-0.39, 0.29) is 18.6 Å². The normalized spacial score (nSPS) is 19.9. The highest BCUT2D eigenvalue weighted by atomic mass is 79.9. The molecule has 0 spiro atoms. The molecule has 1 atom stereocenters. The first kappa shape index (κ1) is 13.3. The van der Waals surface area contributed by atoms with Gasteiger partial charge in [-0.2, -0.15) is 0 Å². The van der Waals surface area contributed by atoms with Gasteiger partial charge in [-0.25, -0.2) is 0 Å². The summed E-state index contributed by atoms with van der Waals surface area (Å²) in [5, 5.41) is 9.06. The minimum atomic E-state index is -0.299. The first-order valence-electron chi connectivity index (χ1n) is 5.68.